The molecule has 0 fully saturated rings. The normalized spacial score (nSPS) is 11.0. The number of hydrogen-bond donors (Lipinski definition) is 1. The Kier molecular flexibility index (Phi) is 5.76. The summed E-state index contributed by atoms with van der Waals surface area (Å²) in [5.74, 6) is 0. The fraction of sp³-hybridized carbons (Fsp3) is 0.211. The van der Waals surface area contributed by atoms with Crippen molar-refractivity contribution in [3.63, 3.8) is 0 Å². The van der Waals surface area contributed by atoms with E-state index < -0.39 is 0 Å². The lowest BCUT2D eigenvalue weighted by atomic mass is 10.0. The molecule has 0 unspecified atom stereocenters. The number of likely N-dealkylation sites (N-methyl/N-ethyl adjacent to an activating group) is 2. The van der Waals surface area contributed by atoms with Gasteiger partial charge in [-0.3, -0.25) is 0 Å². The van der Waals surface area contributed by atoms with Crippen molar-refractivity contribution in [1.29, 1.82) is 5.26 Å². The summed E-state index contributed by atoms with van der Waals surface area (Å²) in [6.07, 6.45) is 1.92. The molecule has 0 amide bonds. The lowest BCUT2D eigenvalue weighted by molar-refractivity contribution is 0.768. The second-order valence-electron chi connectivity index (χ2n) is 5.15. The van der Waals surface area contributed by atoms with Gasteiger partial charge in [0.15, 0.2) is 0 Å². The molecular formula is C19H21N3. The Bertz CT molecular complexity index is 651. The van der Waals surface area contributed by atoms with E-state index in [9.17, 15) is 5.26 Å². The highest BCUT2D eigenvalue weighted by Gasteiger charge is 2.02. The van der Waals surface area contributed by atoms with Gasteiger partial charge < -0.3 is 10.2 Å². The molecule has 0 atom stereocenters. The Balaban J connectivity index is 2.16. The van der Waals surface area contributed by atoms with E-state index in [1.165, 1.54) is 5.69 Å². The molecule has 2 aromatic carbocycles. The summed E-state index contributed by atoms with van der Waals surface area (Å²) >= 11 is 0. The number of nitrogens with one attached hydrogen (secondary N) is 1. The second kappa shape index (κ2) is 8.02. The van der Waals surface area contributed by atoms with Crippen molar-refractivity contribution in [2.45, 2.75) is 0 Å². The van der Waals surface area contributed by atoms with Gasteiger partial charge in [-0.05, 0) is 36.4 Å². The van der Waals surface area contributed by atoms with Gasteiger partial charge in [-0.1, -0.05) is 42.5 Å². The quantitative estimate of drug-likeness (QED) is 0.655. The van der Waals surface area contributed by atoms with Gasteiger partial charge in [-0.15, -0.1) is 0 Å². The number of hydrogen-bond acceptors (Lipinski definition) is 3. The van der Waals surface area contributed by atoms with E-state index in [4.69, 9.17) is 0 Å². The minimum Gasteiger partial charge on any atom is -0.373 e. The highest BCUT2D eigenvalue weighted by molar-refractivity contribution is 5.89. The maximum atomic E-state index is 9.35. The van der Waals surface area contributed by atoms with Gasteiger partial charge in [-0.2, -0.15) is 5.26 Å². The van der Waals surface area contributed by atoms with Crippen LogP contribution in [0.3, 0.4) is 0 Å². The maximum Gasteiger partial charge on any atom is 0.0998 e. The third-order valence-electron chi connectivity index (χ3n) is 3.55. The molecule has 0 spiro atoms. The number of nitriles is 1. The van der Waals surface area contributed by atoms with E-state index in [2.05, 4.69) is 35.5 Å². The predicted molar refractivity (Wildman–Crippen MR) is 93.6 cm³/mol. The van der Waals surface area contributed by atoms with Crippen LogP contribution in [0.5, 0.6) is 0 Å². The topological polar surface area (TPSA) is 39.1 Å². The molecule has 0 heterocycles. The van der Waals surface area contributed by atoms with Crippen molar-refractivity contribution in [2.24, 2.45) is 0 Å². The Morgan fingerprint density at radius 1 is 1.14 bits per heavy atom. The third-order valence-corrected chi connectivity index (χ3v) is 3.55. The first-order valence-electron chi connectivity index (χ1n) is 7.37. The van der Waals surface area contributed by atoms with Crippen LogP contribution < -0.4 is 10.2 Å². The molecule has 112 valence electrons. The monoisotopic (exact) mass is 291 g/mol. The molecule has 0 saturated carbocycles. The van der Waals surface area contributed by atoms with Crippen LogP contribution in [0, 0.1) is 11.3 Å². The fourth-order valence-corrected chi connectivity index (χ4v) is 2.20. The average Bonchev–Trinajstić information content (AvgIpc) is 2.58. The van der Waals surface area contributed by atoms with Gasteiger partial charge in [0.25, 0.3) is 0 Å². The van der Waals surface area contributed by atoms with Crippen molar-refractivity contribution < 1.29 is 0 Å². The molecule has 3 nitrogen and oxygen atoms in total. The van der Waals surface area contributed by atoms with Gasteiger partial charge in [0, 0.05) is 25.8 Å². The zero-order valence-corrected chi connectivity index (χ0v) is 13.1. The van der Waals surface area contributed by atoms with E-state index in [1.54, 1.807) is 0 Å². The molecule has 0 bridgehead atoms. The van der Waals surface area contributed by atoms with E-state index in [0.29, 0.717) is 5.57 Å². The molecule has 0 radical (unpaired) electrons. The second-order valence-corrected chi connectivity index (χ2v) is 5.15. The first-order chi connectivity index (χ1) is 10.7. The standard InChI is InChI=1S/C19H21N3/c1-21-12-13-22(2)19-10-8-16(9-11-19)14-18(15-20)17-6-4-3-5-7-17/h3-11,14,21H,12-13H2,1-2H3/b18-14+. The van der Waals surface area contributed by atoms with Crippen LogP contribution >= 0.6 is 0 Å². The summed E-state index contributed by atoms with van der Waals surface area (Å²) in [5, 5.41) is 12.5. The van der Waals surface area contributed by atoms with Gasteiger partial charge in [-0.25, -0.2) is 0 Å². The SMILES string of the molecule is CNCCN(C)c1ccc(/C=C(\C#N)c2ccccc2)cc1. The van der Waals surface area contributed by atoms with E-state index >= 15 is 0 Å². The van der Waals surface area contributed by atoms with Crippen molar-refractivity contribution in [3.8, 4) is 6.07 Å². The molecule has 22 heavy (non-hydrogen) atoms. The number of anilines is 1. The molecule has 0 aliphatic rings. The van der Waals surface area contributed by atoms with Gasteiger partial charge in [0.1, 0.15) is 0 Å². The molecule has 2 aromatic rings. The molecule has 1 N–H and O–H groups in total. The average molecular weight is 291 g/mol. The Morgan fingerprint density at radius 3 is 2.41 bits per heavy atom. The summed E-state index contributed by atoms with van der Waals surface area (Å²) in [7, 11) is 4.03. The largest absolute Gasteiger partial charge is 0.373 e. The van der Waals surface area contributed by atoms with E-state index in [1.807, 2.05) is 55.6 Å². The minimum atomic E-state index is 0.678. The van der Waals surface area contributed by atoms with Crippen LogP contribution in [-0.2, 0) is 0 Å². The highest BCUT2D eigenvalue weighted by Crippen LogP contribution is 2.19. The fourth-order valence-electron chi connectivity index (χ4n) is 2.20. The molecule has 2 rings (SSSR count). The molecule has 0 saturated heterocycles. The summed E-state index contributed by atoms with van der Waals surface area (Å²) in [6.45, 7) is 1.91. The summed E-state index contributed by atoms with van der Waals surface area (Å²) in [4.78, 5) is 2.20. The van der Waals surface area contributed by atoms with E-state index in [-0.39, 0.29) is 0 Å². The molecular weight excluding hydrogens is 270 g/mol. The summed E-state index contributed by atoms with van der Waals surface area (Å²) < 4.78 is 0. The number of nitrogens with zero attached hydrogens (tertiary/aromatic N) is 2. The van der Waals surface area contributed by atoms with Crippen LogP contribution in [0.4, 0.5) is 5.69 Å². The number of rotatable bonds is 6. The molecule has 0 aliphatic heterocycles. The van der Waals surface area contributed by atoms with Crippen molar-refractivity contribution in [1.82, 2.24) is 5.32 Å². The Hall–Kier alpha value is -2.57. The first-order valence-corrected chi connectivity index (χ1v) is 7.37. The smallest absolute Gasteiger partial charge is 0.0998 e. The Morgan fingerprint density at radius 2 is 1.82 bits per heavy atom. The van der Waals surface area contributed by atoms with Crippen molar-refractivity contribution in [3.05, 3.63) is 65.7 Å². The van der Waals surface area contributed by atoms with Crippen LogP contribution in [-0.4, -0.2) is 27.2 Å². The zero-order valence-electron chi connectivity index (χ0n) is 13.1. The third kappa shape index (κ3) is 4.21. The molecule has 0 aliphatic carbocycles. The van der Waals surface area contributed by atoms with E-state index in [0.717, 1.165) is 24.2 Å². The lowest BCUT2D eigenvalue weighted by Crippen LogP contribution is -2.26. The lowest BCUT2D eigenvalue weighted by Gasteiger charge is -2.19. The van der Waals surface area contributed by atoms with Gasteiger partial charge in [0.2, 0.25) is 0 Å². The van der Waals surface area contributed by atoms with Gasteiger partial charge in [0.05, 0.1) is 11.6 Å². The van der Waals surface area contributed by atoms with Gasteiger partial charge >= 0.3 is 0 Å². The van der Waals surface area contributed by atoms with Crippen molar-refractivity contribution in [2.75, 3.05) is 32.1 Å². The maximum absolute atomic E-state index is 9.35. The zero-order chi connectivity index (χ0) is 15.8. The van der Waals surface area contributed by atoms with Crippen LogP contribution in [0.2, 0.25) is 0 Å². The number of benzene rings is 2. The molecule has 3 heteroatoms. The van der Waals surface area contributed by atoms with Crippen LogP contribution in [0.25, 0.3) is 11.6 Å². The molecule has 0 aromatic heterocycles. The van der Waals surface area contributed by atoms with Crippen LogP contribution in [0.15, 0.2) is 54.6 Å². The minimum absolute atomic E-state index is 0.678. The van der Waals surface area contributed by atoms with Crippen molar-refractivity contribution >= 4 is 17.3 Å². The summed E-state index contributed by atoms with van der Waals surface area (Å²) in [6, 6.07) is 20.3. The first kappa shape index (κ1) is 15.8. The number of allylic oxidation sites excluding steroid dienone is 1. The summed E-state index contributed by atoms with van der Waals surface area (Å²) in [5.41, 5.74) is 3.83. The Labute approximate surface area is 132 Å². The highest BCUT2D eigenvalue weighted by atomic mass is 15.1. The predicted octanol–water partition coefficient (Wildman–Crippen LogP) is 3.41. The van der Waals surface area contributed by atoms with Crippen LogP contribution in [0.1, 0.15) is 11.1 Å².